The number of carboxylic acid groups (broad SMARTS) is 1. The van der Waals surface area contributed by atoms with Crippen molar-refractivity contribution in [1.82, 2.24) is 5.32 Å². The summed E-state index contributed by atoms with van der Waals surface area (Å²) in [7, 11) is 0. The van der Waals surface area contributed by atoms with Crippen molar-refractivity contribution in [2.75, 3.05) is 6.54 Å². The van der Waals surface area contributed by atoms with E-state index in [9.17, 15) is 9.59 Å². The van der Waals surface area contributed by atoms with Gasteiger partial charge in [0.1, 0.15) is 0 Å². The monoisotopic (exact) mass is 230 g/mol. The number of carbonyl (C=O) groups excluding carboxylic acids is 1. The van der Waals surface area contributed by atoms with Gasteiger partial charge in [-0.3, -0.25) is 9.59 Å². The van der Waals surface area contributed by atoms with Crippen LogP contribution >= 0.6 is 0 Å². The van der Waals surface area contributed by atoms with Crippen molar-refractivity contribution in [3.8, 4) is 0 Å². The molecule has 0 heterocycles. The zero-order chi connectivity index (χ0) is 12.7. The lowest BCUT2D eigenvalue weighted by atomic mass is 9.85. The van der Waals surface area contributed by atoms with E-state index in [-0.39, 0.29) is 30.8 Å². The molecule has 1 amide bonds. The number of aliphatic carboxylic acids is 1. The lowest BCUT2D eigenvalue weighted by molar-refractivity contribution is -0.138. The van der Waals surface area contributed by atoms with Crippen LogP contribution in [-0.4, -0.2) is 29.6 Å². The summed E-state index contributed by atoms with van der Waals surface area (Å²) in [5.74, 6) is -0.724. The molecular formula is C11H22N2O3. The first-order chi connectivity index (χ1) is 7.42. The van der Waals surface area contributed by atoms with Gasteiger partial charge in [0.05, 0.1) is 13.0 Å². The lowest BCUT2D eigenvalue weighted by Crippen LogP contribution is -2.45. The molecule has 0 aliphatic carbocycles. The number of hydrogen-bond acceptors (Lipinski definition) is 3. The highest BCUT2D eigenvalue weighted by molar-refractivity contribution is 5.79. The van der Waals surface area contributed by atoms with Crippen molar-refractivity contribution in [1.29, 1.82) is 0 Å². The van der Waals surface area contributed by atoms with E-state index in [1.165, 1.54) is 0 Å². The van der Waals surface area contributed by atoms with Gasteiger partial charge in [0.2, 0.25) is 5.91 Å². The largest absolute Gasteiger partial charge is 0.481 e. The summed E-state index contributed by atoms with van der Waals surface area (Å²) in [5.41, 5.74) is 5.20. The van der Waals surface area contributed by atoms with Gasteiger partial charge >= 0.3 is 5.97 Å². The minimum absolute atomic E-state index is 0.0583. The maximum atomic E-state index is 11.2. The molecule has 16 heavy (non-hydrogen) atoms. The first-order valence-electron chi connectivity index (χ1n) is 5.63. The van der Waals surface area contributed by atoms with Crippen LogP contribution in [0.1, 0.15) is 33.6 Å². The number of carboxylic acids is 1. The Bertz CT molecular complexity index is 243. The predicted octanol–water partition coefficient (Wildman–Crippen LogP) is 0.587. The molecule has 0 unspecified atom stereocenters. The van der Waals surface area contributed by atoms with Gasteiger partial charge in [-0.1, -0.05) is 27.2 Å². The van der Waals surface area contributed by atoms with E-state index in [4.69, 9.17) is 10.8 Å². The Kier molecular flexibility index (Phi) is 6.72. The first-order valence-corrected chi connectivity index (χ1v) is 5.63. The third-order valence-electron chi connectivity index (χ3n) is 3.10. The second kappa shape index (κ2) is 7.22. The van der Waals surface area contributed by atoms with Crippen molar-refractivity contribution >= 4 is 11.9 Å². The molecule has 0 saturated carbocycles. The lowest BCUT2D eigenvalue weighted by Gasteiger charge is -2.28. The van der Waals surface area contributed by atoms with Gasteiger partial charge < -0.3 is 16.2 Å². The maximum Gasteiger partial charge on any atom is 0.305 e. The van der Waals surface area contributed by atoms with Crippen LogP contribution in [0.25, 0.3) is 0 Å². The number of hydrogen-bond donors (Lipinski definition) is 3. The molecule has 0 rings (SSSR count). The molecule has 4 N–H and O–H groups in total. The van der Waals surface area contributed by atoms with Crippen LogP contribution in [0.4, 0.5) is 0 Å². The number of amides is 1. The van der Waals surface area contributed by atoms with Crippen molar-refractivity contribution < 1.29 is 14.7 Å². The van der Waals surface area contributed by atoms with Gasteiger partial charge in [-0.15, -0.1) is 0 Å². The molecule has 3 atom stereocenters. The van der Waals surface area contributed by atoms with Gasteiger partial charge in [0.15, 0.2) is 0 Å². The third kappa shape index (κ3) is 5.11. The average Bonchev–Trinajstić information content (AvgIpc) is 2.25. The SMILES string of the molecule is CC[C@@H](C)[C@@H](C)[C@@H](CC(=O)O)NC(=O)CN. The average molecular weight is 230 g/mol. The second-order valence-corrected chi connectivity index (χ2v) is 4.22. The number of nitrogens with one attached hydrogen (secondary N) is 1. The molecule has 0 radical (unpaired) electrons. The summed E-state index contributed by atoms with van der Waals surface area (Å²) in [6, 6.07) is -0.344. The van der Waals surface area contributed by atoms with Crippen LogP contribution in [0.5, 0.6) is 0 Å². The standard InChI is InChI=1S/C11H22N2O3/c1-4-7(2)8(3)9(5-11(15)16)13-10(14)6-12/h7-9H,4-6,12H2,1-3H3,(H,13,14)(H,15,16)/t7-,8-,9-/m1/s1. The summed E-state index contributed by atoms with van der Waals surface area (Å²) in [5, 5.41) is 11.5. The maximum absolute atomic E-state index is 11.2. The molecule has 0 saturated heterocycles. The summed E-state index contributed by atoms with van der Waals surface area (Å²) < 4.78 is 0. The molecule has 94 valence electrons. The van der Waals surface area contributed by atoms with Gasteiger partial charge in [-0.25, -0.2) is 0 Å². The van der Waals surface area contributed by atoms with Gasteiger partial charge in [0, 0.05) is 6.04 Å². The fourth-order valence-electron chi connectivity index (χ4n) is 1.59. The smallest absolute Gasteiger partial charge is 0.305 e. The fourth-order valence-corrected chi connectivity index (χ4v) is 1.59. The van der Waals surface area contributed by atoms with Crippen LogP contribution in [0.15, 0.2) is 0 Å². The van der Waals surface area contributed by atoms with E-state index in [1.54, 1.807) is 0 Å². The fraction of sp³-hybridized carbons (Fsp3) is 0.818. The molecule has 5 heteroatoms. The summed E-state index contributed by atoms with van der Waals surface area (Å²) in [6.07, 6.45) is 0.896. The highest BCUT2D eigenvalue weighted by Crippen LogP contribution is 2.20. The minimum Gasteiger partial charge on any atom is -0.481 e. The summed E-state index contributed by atoms with van der Waals surface area (Å²) >= 11 is 0. The molecule has 0 bridgehead atoms. The number of nitrogens with two attached hydrogens (primary N) is 1. The molecule has 0 aliphatic rings. The Hall–Kier alpha value is -1.10. The third-order valence-corrected chi connectivity index (χ3v) is 3.10. The van der Waals surface area contributed by atoms with Gasteiger partial charge in [0.25, 0.3) is 0 Å². The van der Waals surface area contributed by atoms with Crippen LogP contribution in [0.2, 0.25) is 0 Å². The Morgan fingerprint density at radius 3 is 2.31 bits per heavy atom. The number of rotatable bonds is 7. The van der Waals surface area contributed by atoms with E-state index in [2.05, 4.69) is 5.32 Å². The van der Waals surface area contributed by atoms with E-state index in [0.29, 0.717) is 5.92 Å². The Balaban J connectivity index is 4.52. The second-order valence-electron chi connectivity index (χ2n) is 4.22. The van der Waals surface area contributed by atoms with Crippen molar-refractivity contribution in [3.63, 3.8) is 0 Å². The molecule has 0 aliphatic heterocycles. The molecule has 0 aromatic rings. The molecule has 0 spiro atoms. The zero-order valence-electron chi connectivity index (χ0n) is 10.2. The predicted molar refractivity (Wildman–Crippen MR) is 61.9 cm³/mol. The molecule has 5 nitrogen and oxygen atoms in total. The highest BCUT2D eigenvalue weighted by Gasteiger charge is 2.25. The Morgan fingerprint density at radius 2 is 1.94 bits per heavy atom. The molecular weight excluding hydrogens is 208 g/mol. The van der Waals surface area contributed by atoms with Gasteiger partial charge in [-0.05, 0) is 11.8 Å². The Labute approximate surface area is 96.4 Å². The minimum atomic E-state index is -0.905. The van der Waals surface area contributed by atoms with E-state index < -0.39 is 5.97 Å². The summed E-state index contributed by atoms with van der Waals surface area (Å²) in [4.78, 5) is 21.9. The highest BCUT2D eigenvalue weighted by atomic mass is 16.4. The van der Waals surface area contributed by atoms with Crippen LogP contribution in [0, 0.1) is 11.8 Å². The van der Waals surface area contributed by atoms with E-state index in [0.717, 1.165) is 6.42 Å². The Morgan fingerprint density at radius 1 is 1.38 bits per heavy atom. The molecule has 0 aromatic carbocycles. The van der Waals surface area contributed by atoms with E-state index in [1.807, 2.05) is 20.8 Å². The summed E-state index contributed by atoms with van der Waals surface area (Å²) in [6.45, 7) is 5.94. The normalized spacial score (nSPS) is 16.2. The van der Waals surface area contributed by atoms with Crippen LogP contribution < -0.4 is 11.1 Å². The van der Waals surface area contributed by atoms with Crippen LogP contribution in [-0.2, 0) is 9.59 Å². The van der Waals surface area contributed by atoms with Crippen LogP contribution in [0.3, 0.4) is 0 Å². The van der Waals surface area contributed by atoms with E-state index >= 15 is 0 Å². The number of carbonyl (C=O) groups is 2. The van der Waals surface area contributed by atoms with Crippen molar-refractivity contribution in [3.05, 3.63) is 0 Å². The quantitative estimate of drug-likeness (QED) is 0.596. The topological polar surface area (TPSA) is 92.4 Å². The van der Waals surface area contributed by atoms with Crippen molar-refractivity contribution in [2.45, 2.75) is 39.7 Å². The zero-order valence-corrected chi connectivity index (χ0v) is 10.2. The van der Waals surface area contributed by atoms with Gasteiger partial charge in [-0.2, -0.15) is 0 Å². The molecule has 0 fully saturated rings. The molecule has 0 aromatic heterocycles. The van der Waals surface area contributed by atoms with Crippen molar-refractivity contribution in [2.24, 2.45) is 17.6 Å². The first kappa shape index (κ1) is 14.9.